The number of hydrogen-bond acceptors (Lipinski definition) is 5. The quantitative estimate of drug-likeness (QED) is 0.742. The molecule has 0 radical (unpaired) electrons. The van der Waals surface area contributed by atoms with Crippen molar-refractivity contribution in [2.24, 2.45) is 0 Å². The van der Waals surface area contributed by atoms with Crippen molar-refractivity contribution in [1.29, 1.82) is 0 Å². The van der Waals surface area contributed by atoms with Crippen molar-refractivity contribution in [2.75, 3.05) is 24.8 Å². The van der Waals surface area contributed by atoms with E-state index >= 15 is 0 Å². The summed E-state index contributed by atoms with van der Waals surface area (Å²) < 4.78 is 5.25. The van der Waals surface area contributed by atoms with Crippen LogP contribution in [0.3, 0.4) is 0 Å². The highest BCUT2D eigenvalue weighted by atomic mass is 35.5. The maximum Gasteiger partial charge on any atom is 0.223 e. The van der Waals surface area contributed by atoms with E-state index in [2.05, 4.69) is 34.2 Å². The van der Waals surface area contributed by atoms with Crippen molar-refractivity contribution in [1.82, 2.24) is 9.97 Å². The summed E-state index contributed by atoms with van der Waals surface area (Å²) in [5, 5.41) is 2.65. The zero-order valence-corrected chi connectivity index (χ0v) is 13.7. The van der Waals surface area contributed by atoms with E-state index in [1.165, 1.54) is 5.56 Å². The number of methoxy groups -OCH3 is 1. The molecule has 0 saturated heterocycles. The third-order valence-electron chi connectivity index (χ3n) is 3.62. The van der Waals surface area contributed by atoms with Gasteiger partial charge in [0.1, 0.15) is 16.7 Å². The molecular formula is C17H17ClN4O. The minimum absolute atomic E-state index is 0.171. The molecule has 3 rings (SSSR count). The van der Waals surface area contributed by atoms with E-state index in [9.17, 15) is 0 Å². The molecule has 3 aromatic rings. The third-order valence-corrected chi connectivity index (χ3v) is 3.81. The zero-order chi connectivity index (χ0) is 16.4. The second kappa shape index (κ2) is 6.30. The van der Waals surface area contributed by atoms with Gasteiger partial charge in [-0.2, -0.15) is 4.98 Å². The van der Waals surface area contributed by atoms with Crippen LogP contribution >= 0.6 is 11.6 Å². The number of nitrogen functional groups attached to an aromatic ring is 1. The predicted molar refractivity (Wildman–Crippen MR) is 94.1 cm³/mol. The molecule has 23 heavy (non-hydrogen) atoms. The lowest BCUT2D eigenvalue weighted by Gasteiger charge is -2.19. The molecule has 118 valence electrons. The van der Waals surface area contributed by atoms with E-state index in [4.69, 9.17) is 22.1 Å². The van der Waals surface area contributed by atoms with Gasteiger partial charge in [0, 0.05) is 19.7 Å². The number of rotatable bonds is 4. The van der Waals surface area contributed by atoms with E-state index in [0.717, 1.165) is 16.5 Å². The van der Waals surface area contributed by atoms with Crippen LogP contribution in [0.4, 0.5) is 11.8 Å². The highest BCUT2D eigenvalue weighted by Gasteiger charge is 2.08. The van der Waals surface area contributed by atoms with Crippen LogP contribution in [-0.2, 0) is 6.54 Å². The average molecular weight is 329 g/mol. The number of benzene rings is 2. The van der Waals surface area contributed by atoms with Gasteiger partial charge in [0.25, 0.3) is 0 Å². The number of nitrogens with two attached hydrogens (primary N) is 1. The van der Waals surface area contributed by atoms with Gasteiger partial charge in [-0.05, 0) is 34.5 Å². The van der Waals surface area contributed by atoms with Crippen LogP contribution in [0.1, 0.15) is 5.56 Å². The summed E-state index contributed by atoms with van der Waals surface area (Å²) in [5.74, 6) is 1.72. The summed E-state index contributed by atoms with van der Waals surface area (Å²) in [7, 11) is 3.61. The average Bonchev–Trinajstić information content (AvgIpc) is 2.53. The number of aromatic nitrogens is 2. The van der Waals surface area contributed by atoms with Gasteiger partial charge in [-0.1, -0.05) is 29.8 Å². The highest BCUT2D eigenvalue weighted by Crippen LogP contribution is 2.23. The molecular weight excluding hydrogens is 312 g/mol. The second-order valence-electron chi connectivity index (χ2n) is 5.31. The summed E-state index contributed by atoms with van der Waals surface area (Å²) in [6, 6.07) is 14.1. The number of halogens is 1. The Morgan fingerprint density at radius 1 is 1.09 bits per heavy atom. The Bertz CT molecular complexity index is 833. The first-order valence-electron chi connectivity index (χ1n) is 7.13. The summed E-state index contributed by atoms with van der Waals surface area (Å²) in [6.45, 7) is 0.689. The first-order chi connectivity index (χ1) is 11.0. The van der Waals surface area contributed by atoms with Crippen LogP contribution in [0, 0.1) is 0 Å². The van der Waals surface area contributed by atoms with Crippen molar-refractivity contribution in [3.63, 3.8) is 0 Å². The topological polar surface area (TPSA) is 64.3 Å². The van der Waals surface area contributed by atoms with Gasteiger partial charge in [0.2, 0.25) is 5.95 Å². The minimum atomic E-state index is 0.171. The molecule has 0 spiro atoms. The van der Waals surface area contributed by atoms with Gasteiger partial charge >= 0.3 is 0 Å². The van der Waals surface area contributed by atoms with Gasteiger partial charge in [-0.25, -0.2) is 4.98 Å². The van der Waals surface area contributed by atoms with Gasteiger partial charge in [-0.15, -0.1) is 0 Å². The molecule has 0 saturated carbocycles. The molecule has 0 unspecified atom stereocenters. The molecule has 2 aromatic carbocycles. The molecule has 0 bridgehead atoms. The van der Waals surface area contributed by atoms with Gasteiger partial charge in [0.15, 0.2) is 0 Å². The maximum atomic E-state index is 5.93. The molecule has 6 heteroatoms. The lowest BCUT2D eigenvalue weighted by Crippen LogP contribution is -2.18. The zero-order valence-electron chi connectivity index (χ0n) is 13.0. The Morgan fingerprint density at radius 2 is 1.83 bits per heavy atom. The number of hydrogen-bond donors (Lipinski definition) is 1. The Labute approximate surface area is 139 Å². The summed E-state index contributed by atoms with van der Waals surface area (Å²) in [6.07, 6.45) is 0. The number of ether oxygens (including phenoxy) is 1. The van der Waals surface area contributed by atoms with Crippen molar-refractivity contribution in [3.05, 3.63) is 53.2 Å². The van der Waals surface area contributed by atoms with Crippen LogP contribution in [0.25, 0.3) is 10.8 Å². The van der Waals surface area contributed by atoms with E-state index in [1.54, 1.807) is 13.2 Å². The van der Waals surface area contributed by atoms with E-state index < -0.39 is 0 Å². The molecule has 0 amide bonds. The minimum Gasteiger partial charge on any atom is -0.497 e. The van der Waals surface area contributed by atoms with Gasteiger partial charge in [-0.3, -0.25) is 0 Å². The SMILES string of the molecule is COc1ccc2cc(CN(C)c3cc(Cl)nc(N)n3)ccc2c1. The smallest absolute Gasteiger partial charge is 0.223 e. The molecule has 0 atom stereocenters. The van der Waals surface area contributed by atoms with Crippen molar-refractivity contribution in [3.8, 4) is 5.75 Å². The lowest BCUT2D eigenvalue weighted by molar-refractivity contribution is 0.415. The normalized spacial score (nSPS) is 10.7. The van der Waals surface area contributed by atoms with Crippen LogP contribution < -0.4 is 15.4 Å². The van der Waals surface area contributed by atoms with Crippen LogP contribution in [-0.4, -0.2) is 24.1 Å². The number of fused-ring (bicyclic) bond motifs is 1. The molecule has 5 nitrogen and oxygen atoms in total. The van der Waals surface area contributed by atoms with Gasteiger partial charge < -0.3 is 15.4 Å². The maximum absolute atomic E-state index is 5.93. The third kappa shape index (κ3) is 3.46. The lowest BCUT2D eigenvalue weighted by atomic mass is 10.1. The van der Waals surface area contributed by atoms with E-state index in [1.807, 2.05) is 24.1 Å². The molecule has 1 heterocycles. The Hall–Kier alpha value is -2.53. The number of anilines is 2. The molecule has 0 aliphatic heterocycles. The van der Waals surface area contributed by atoms with Crippen LogP contribution in [0.15, 0.2) is 42.5 Å². The van der Waals surface area contributed by atoms with E-state index in [0.29, 0.717) is 17.5 Å². The molecule has 1 aromatic heterocycles. The second-order valence-corrected chi connectivity index (χ2v) is 5.70. The number of nitrogens with zero attached hydrogens (tertiary/aromatic N) is 3. The fourth-order valence-electron chi connectivity index (χ4n) is 2.47. The summed E-state index contributed by atoms with van der Waals surface area (Å²) >= 11 is 5.93. The highest BCUT2D eigenvalue weighted by molar-refractivity contribution is 6.29. The summed E-state index contributed by atoms with van der Waals surface area (Å²) in [5.41, 5.74) is 6.81. The molecule has 0 aliphatic carbocycles. The van der Waals surface area contributed by atoms with Gasteiger partial charge in [0.05, 0.1) is 7.11 Å². The first kappa shape index (κ1) is 15.4. The molecule has 0 aliphatic rings. The van der Waals surface area contributed by atoms with Crippen molar-refractivity contribution < 1.29 is 4.74 Å². The Balaban J connectivity index is 1.85. The standard InChI is InChI=1S/C17H17ClN4O/c1-22(16-9-15(18)20-17(19)21-16)10-11-3-4-13-8-14(23-2)6-5-12(13)7-11/h3-9H,10H2,1-2H3,(H2,19,20,21). The first-order valence-corrected chi connectivity index (χ1v) is 7.51. The fourth-order valence-corrected chi connectivity index (χ4v) is 2.66. The Morgan fingerprint density at radius 3 is 2.57 bits per heavy atom. The van der Waals surface area contributed by atoms with Crippen molar-refractivity contribution in [2.45, 2.75) is 6.54 Å². The Kier molecular flexibility index (Phi) is 4.21. The fraction of sp³-hybridized carbons (Fsp3) is 0.176. The predicted octanol–water partition coefficient (Wildman–Crippen LogP) is 3.51. The van der Waals surface area contributed by atoms with Crippen LogP contribution in [0.2, 0.25) is 5.15 Å². The molecule has 2 N–H and O–H groups in total. The summed E-state index contributed by atoms with van der Waals surface area (Å²) in [4.78, 5) is 10.1. The van der Waals surface area contributed by atoms with Crippen molar-refractivity contribution >= 4 is 34.1 Å². The largest absolute Gasteiger partial charge is 0.497 e. The molecule has 0 fully saturated rings. The van der Waals surface area contributed by atoms with Crippen LogP contribution in [0.5, 0.6) is 5.75 Å². The monoisotopic (exact) mass is 328 g/mol. The van der Waals surface area contributed by atoms with E-state index in [-0.39, 0.29) is 5.95 Å².